The van der Waals surface area contributed by atoms with Gasteiger partial charge in [0.2, 0.25) is 0 Å². The van der Waals surface area contributed by atoms with Crippen LogP contribution in [0.5, 0.6) is 0 Å². The van der Waals surface area contributed by atoms with Gasteiger partial charge in [-0.25, -0.2) is 0 Å². The van der Waals surface area contributed by atoms with E-state index in [1.165, 1.54) is 0 Å². The lowest BCUT2D eigenvalue weighted by molar-refractivity contribution is -0.126. The van der Waals surface area contributed by atoms with Gasteiger partial charge in [0.05, 0.1) is 12.2 Å². The molecule has 4 heteroatoms. The fourth-order valence-corrected chi connectivity index (χ4v) is 3.85. The zero-order valence-corrected chi connectivity index (χ0v) is 11.9. The summed E-state index contributed by atoms with van der Waals surface area (Å²) in [5.74, 6) is 0.614. The molecule has 0 amide bonds. The molecule has 3 saturated heterocycles. The van der Waals surface area contributed by atoms with E-state index in [2.05, 4.69) is 4.90 Å². The molecule has 0 aliphatic carbocycles. The third-order valence-corrected chi connectivity index (χ3v) is 5.08. The number of ketones is 1. The maximum absolute atomic E-state index is 11.6. The van der Waals surface area contributed by atoms with Crippen LogP contribution in [0.25, 0.3) is 0 Å². The van der Waals surface area contributed by atoms with Gasteiger partial charge in [-0.1, -0.05) is 0 Å². The zero-order chi connectivity index (χ0) is 13.3. The number of hydrogen-bond donors (Lipinski definition) is 0. The highest BCUT2D eigenvalue weighted by atomic mass is 16.6. The van der Waals surface area contributed by atoms with Gasteiger partial charge in [-0.2, -0.15) is 0 Å². The summed E-state index contributed by atoms with van der Waals surface area (Å²) in [7, 11) is 0. The van der Waals surface area contributed by atoms with Gasteiger partial charge in [0.25, 0.3) is 0 Å². The van der Waals surface area contributed by atoms with E-state index >= 15 is 0 Å². The third-order valence-electron chi connectivity index (χ3n) is 5.08. The predicted octanol–water partition coefficient (Wildman–Crippen LogP) is 1.63. The molecular formula is C15H25NO3. The molecule has 3 unspecified atom stereocenters. The first-order valence-corrected chi connectivity index (χ1v) is 7.65. The van der Waals surface area contributed by atoms with Gasteiger partial charge >= 0.3 is 0 Å². The summed E-state index contributed by atoms with van der Waals surface area (Å²) >= 11 is 0. The second-order valence-corrected chi connectivity index (χ2v) is 6.43. The SMILES string of the molecule is CC(=O)C1CCCN(C2CCOC3(CCOC3)C2)C1. The fourth-order valence-electron chi connectivity index (χ4n) is 3.85. The average molecular weight is 267 g/mol. The van der Waals surface area contributed by atoms with E-state index in [0.717, 1.165) is 65.0 Å². The van der Waals surface area contributed by atoms with Crippen molar-refractivity contribution >= 4 is 5.78 Å². The Morgan fingerprint density at radius 1 is 1.32 bits per heavy atom. The second kappa shape index (κ2) is 5.51. The molecular weight excluding hydrogens is 242 g/mol. The molecule has 108 valence electrons. The highest BCUT2D eigenvalue weighted by Crippen LogP contribution is 2.36. The Kier molecular flexibility index (Phi) is 3.92. The summed E-state index contributed by atoms with van der Waals surface area (Å²) in [5, 5.41) is 0. The van der Waals surface area contributed by atoms with Gasteiger partial charge in [-0.3, -0.25) is 9.69 Å². The Morgan fingerprint density at radius 3 is 2.95 bits per heavy atom. The van der Waals surface area contributed by atoms with Crippen molar-refractivity contribution in [3.8, 4) is 0 Å². The minimum atomic E-state index is -0.0217. The normalized spacial score (nSPS) is 40.7. The van der Waals surface area contributed by atoms with Gasteiger partial charge in [-0.05, 0) is 39.2 Å². The average Bonchev–Trinajstić information content (AvgIpc) is 2.87. The van der Waals surface area contributed by atoms with Crippen molar-refractivity contribution in [2.24, 2.45) is 5.92 Å². The molecule has 0 aromatic carbocycles. The molecule has 19 heavy (non-hydrogen) atoms. The summed E-state index contributed by atoms with van der Waals surface area (Å²) < 4.78 is 11.5. The Morgan fingerprint density at radius 2 is 2.21 bits per heavy atom. The van der Waals surface area contributed by atoms with E-state index < -0.39 is 0 Å². The monoisotopic (exact) mass is 267 g/mol. The van der Waals surface area contributed by atoms with Crippen LogP contribution in [0.1, 0.15) is 39.0 Å². The van der Waals surface area contributed by atoms with Crippen LogP contribution < -0.4 is 0 Å². The van der Waals surface area contributed by atoms with Crippen LogP contribution in [0, 0.1) is 5.92 Å². The highest BCUT2D eigenvalue weighted by molar-refractivity contribution is 5.78. The number of nitrogens with zero attached hydrogens (tertiary/aromatic N) is 1. The van der Waals surface area contributed by atoms with Gasteiger partial charge in [-0.15, -0.1) is 0 Å². The third kappa shape index (κ3) is 2.86. The molecule has 3 fully saturated rings. The van der Waals surface area contributed by atoms with Crippen LogP contribution in [0.2, 0.25) is 0 Å². The first-order chi connectivity index (χ1) is 9.19. The molecule has 4 nitrogen and oxygen atoms in total. The molecule has 3 aliphatic heterocycles. The summed E-state index contributed by atoms with van der Waals surface area (Å²) in [5.41, 5.74) is -0.0217. The van der Waals surface area contributed by atoms with Gasteiger partial charge < -0.3 is 9.47 Å². The van der Waals surface area contributed by atoms with E-state index in [1.807, 2.05) is 0 Å². The molecule has 0 aromatic rings. The molecule has 0 aromatic heterocycles. The Hall–Kier alpha value is -0.450. The quantitative estimate of drug-likeness (QED) is 0.762. The van der Waals surface area contributed by atoms with Crippen molar-refractivity contribution in [3.63, 3.8) is 0 Å². The fraction of sp³-hybridized carbons (Fsp3) is 0.933. The van der Waals surface area contributed by atoms with E-state index in [-0.39, 0.29) is 11.5 Å². The molecule has 3 heterocycles. The van der Waals surface area contributed by atoms with Crippen molar-refractivity contribution in [2.75, 3.05) is 32.9 Å². The van der Waals surface area contributed by atoms with Gasteiger partial charge in [0.1, 0.15) is 5.78 Å². The van der Waals surface area contributed by atoms with Crippen LogP contribution in [0.4, 0.5) is 0 Å². The summed E-state index contributed by atoms with van der Waals surface area (Å²) in [6.45, 7) is 6.28. The summed E-state index contributed by atoms with van der Waals surface area (Å²) in [4.78, 5) is 14.1. The van der Waals surface area contributed by atoms with Crippen molar-refractivity contribution in [3.05, 3.63) is 0 Å². The molecule has 0 saturated carbocycles. The van der Waals surface area contributed by atoms with Gasteiger partial charge in [0.15, 0.2) is 0 Å². The lowest BCUT2D eigenvalue weighted by Gasteiger charge is -2.44. The molecule has 0 radical (unpaired) electrons. The Bertz CT molecular complexity index is 338. The second-order valence-electron chi connectivity index (χ2n) is 6.43. The largest absolute Gasteiger partial charge is 0.378 e. The molecule has 0 bridgehead atoms. The van der Waals surface area contributed by atoms with E-state index in [9.17, 15) is 4.79 Å². The van der Waals surface area contributed by atoms with E-state index in [0.29, 0.717) is 11.8 Å². The standard InChI is InChI=1S/C15H25NO3/c1-12(17)13-3-2-6-16(10-13)14-4-7-19-15(9-14)5-8-18-11-15/h13-14H,2-11H2,1H3. The van der Waals surface area contributed by atoms with E-state index in [4.69, 9.17) is 9.47 Å². The zero-order valence-electron chi connectivity index (χ0n) is 11.9. The van der Waals surface area contributed by atoms with Crippen molar-refractivity contribution in [2.45, 2.75) is 50.7 Å². The first-order valence-electron chi connectivity index (χ1n) is 7.65. The van der Waals surface area contributed by atoms with Crippen LogP contribution in [-0.2, 0) is 14.3 Å². The van der Waals surface area contributed by atoms with Crippen molar-refractivity contribution < 1.29 is 14.3 Å². The lowest BCUT2D eigenvalue weighted by Crippen LogP contribution is -2.52. The van der Waals surface area contributed by atoms with Crippen LogP contribution in [0.15, 0.2) is 0 Å². The maximum Gasteiger partial charge on any atom is 0.134 e. The van der Waals surface area contributed by atoms with Crippen LogP contribution in [-0.4, -0.2) is 55.2 Å². The minimum Gasteiger partial charge on any atom is -0.378 e. The number of piperidine rings is 1. The highest BCUT2D eigenvalue weighted by Gasteiger charge is 2.43. The number of carbonyl (C=O) groups excluding carboxylic acids is 1. The van der Waals surface area contributed by atoms with E-state index in [1.54, 1.807) is 6.92 Å². The number of rotatable bonds is 2. The maximum atomic E-state index is 11.6. The first kappa shape index (κ1) is 13.5. The number of carbonyl (C=O) groups is 1. The number of likely N-dealkylation sites (tertiary alicyclic amines) is 1. The Balaban J connectivity index is 1.63. The molecule has 3 rings (SSSR count). The smallest absolute Gasteiger partial charge is 0.134 e. The van der Waals surface area contributed by atoms with Crippen LogP contribution in [0.3, 0.4) is 0 Å². The predicted molar refractivity (Wildman–Crippen MR) is 72.1 cm³/mol. The minimum absolute atomic E-state index is 0.0217. The topological polar surface area (TPSA) is 38.8 Å². The summed E-state index contributed by atoms with van der Waals surface area (Å²) in [6.07, 6.45) is 5.45. The van der Waals surface area contributed by atoms with Crippen molar-refractivity contribution in [1.82, 2.24) is 4.90 Å². The lowest BCUT2D eigenvalue weighted by atomic mass is 9.86. The van der Waals surface area contributed by atoms with Gasteiger partial charge in [0, 0.05) is 38.1 Å². The molecule has 0 N–H and O–H groups in total. The number of Topliss-reactive ketones (excluding diaryl/α,β-unsaturated/α-hetero) is 1. The number of ether oxygens (including phenoxy) is 2. The molecule has 1 spiro atoms. The Labute approximate surface area is 115 Å². The molecule has 3 atom stereocenters. The van der Waals surface area contributed by atoms with Crippen LogP contribution >= 0.6 is 0 Å². The molecule has 3 aliphatic rings. The summed E-state index contributed by atoms with van der Waals surface area (Å²) in [6, 6.07) is 0.581. The van der Waals surface area contributed by atoms with Crippen molar-refractivity contribution in [1.29, 1.82) is 0 Å². The number of hydrogen-bond acceptors (Lipinski definition) is 4.